The van der Waals surface area contributed by atoms with Crippen molar-refractivity contribution in [3.63, 3.8) is 0 Å². The highest BCUT2D eigenvalue weighted by molar-refractivity contribution is 5.60. The number of rotatable bonds is 6. The van der Waals surface area contributed by atoms with Crippen LogP contribution < -0.4 is 5.56 Å². The summed E-state index contributed by atoms with van der Waals surface area (Å²) < 4.78 is 5.81. The molecular formula is C15H17N5O3. The quantitative estimate of drug-likeness (QED) is 0.821. The summed E-state index contributed by atoms with van der Waals surface area (Å²) in [5.41, 5.74) is 0.0134. The van der Waals surface area contributed by atoms with E-state index in [4.69, 9.17) is 0 Å². The Morgan fingerprint density at radius 1 is 1.39 bits per heavy atom. The van der Waals surface area contributed by atoms with Gasteiger partial charge in [0.15, 0.2) is 5.69 Å². The molecular weight excluding hydrogens is 298 g/mol. The molecule has 0 saturated heterocycles. The molecule has 120 valence electrons. The Morgan fingerprint density at radius 2 is 2.17 bits per heavy atom. The van der Waals surface area contributed by atoms with Crippen LogP contribution in [0.25, 0.3) is 0 Å². The van der Waals surface area contributed by atoms with Gasteiger partial charge in [-0.2, -0.15) is 5.26 Å². The molecule has 0 radical (unpaired) electrons. The Kier molecular flexibility index (Phi) is 5.25. The van der Waals surface area contributed by atoms with Gasteiger partial charge in [-0.3, -0.25) is 9.36 Å². The van der Waals surface area contributed by atoms with E-state index in [0.29, 0.717) is 24.8 Å². The van der Waals surface area contributed by atoms with Crippen LogP contribution in [0.4, 0.5) is 11.5 Å². The summed E-state index contributed by atoms with van der Waals surface area (Å²) >= 11 is 0. The third-order valence-electron chi connectivity index (χ3n) is 3.25. The Balaban J connectivity index is 2.68. The lowest BCUT2D eigenvalue weighted by Gasteiger charge is -2.13. The van der Waals surface area contributed by atoms with Crippen molar-refractivity contribution in [2.45, 2.75) is 39.7 Å². The molecule has 2 rings (SSSR count). The normalized spacial score (nSPS) is 11.0. The molecule has 0 aliphatic heterocycles. The minimum atomic E-state index is -0.504. The summed E-state index contributed by atoms with van der Waals surface area (Å²) in [6, 6.07) is 3.44. The Bertz CT molecular complexity index is 800. The summed E-state index contributed by atoms with van der Waals surface area (Å²) in [4.78, 5) is 12.4. The highest BCUT2D eigenvalue weighted by Gasteiger charge is 2.21. The van der Waals surface area contributed by atoms with Crippen LogP contribution in [0.3, 0.4) is 0 Å². The van der Waals surface area contributed by atoms with Gasteiger partial charge < -0.3 is 9.63 Å². The minimum Gasteiger partial charge on any atom is -0.493 e. The average molecular weight is 315 g/mol. The second kappa shape index (κ2) is 7.35. The molecule has 8 heteroatoms. The third kappa shape index (κ3) is 3.29. The lowest BCUT2D eigenvalue weighted by Crippen LogP contribution is -2.24. The van der Waals surface area contributed by atoms with Crippen LogP contribution in [0.5, 0.6) is 5.88 Å². The van der Waals surface area contributed by atoms with E-state index in [1.54, 1.807) is 0 Å². The van der Waals surface area contributed by atoms with Gasteiger partial charge in [-0.05, 0) is 12.8 Å². The van der Waals surface area contributed by atoms with Crippen LogP contribution in [0.15, 0.2) is 31.9 Å². The summed E-state index contributed by atoms with van der Waals surface area (Å²) in [5.74, 6) is -0.0508. The lowest BCUT2D eigenvalue weighted by molar-refractivity contribution is 0.404. The zero-order chi connectivity index (χ0) is 16.8. The fourth-order valence-corrected chi connectivity index (χ4v) is 2.25. The zero-order valence-electron chi connectivity index (χ0n) is 13.0. The van der Waals surface area contributed by atoms with Gasteiger partial charge in [0.25, 0.3) is 5.56 Å². The maximum atomic E-state index is 12.4. The van der Waals surface area contributed by atoms with E-state index in [2.05, 4.69) is 19.9 Å². The average Bonchev–Trinajstić information content (AvgIpc) is 3.05. The monoisotopic (exact) mass is 315 g/mol. The van der Waals surface area contributed by atoms with Crippen LogP contribution in [-0.4, -0.2) is 14.8 Å². The molecule has 2 aromatic heterocycles. The molecule has 0 bridgehead atoms. The smallest absolute Gasteiger partial charge is 0.271 e. The minimum absolute atomic E-state index is 0.00722. The van der Waals surface area contributed by atoms with Crippen LogP contribution in [0.1, 0.15) is 37.8 Å². The van der Waals surface area contributed by atoms with E-state index in [9.17, 15) is 15.2 Å². The molecule has 23 heavy (non-hydrogen) atoms. The maximum Gasteiger partial charge on any atom is 0.271 e. The third-order valence-corrected chi connectivity index (χ3v) is 3.25. The number of pyridine rings is 1. The van der Waals surface area contributed by atoms with E-state index in [0.717, 1.165) is 4.57 Å². The predicted octanol–water partition coefficient (Wildman–Crippen LogP) is 3.19. The number of nitriles is 1. The van der Waals surface area contributed by atoms with Crippen LogP contribution >= 0.6 is 0 Å². The lowest BCUT2D eigenvalue weighted by atomic mass is 10.0. The molecule has 0 fully saturated rings. The predicted molar refractivity (Wildman–Crippen MR) is 82.0 cm³/mol. The maximum absolute atomic E-state index is 12.4. The largest absolute Gasteiger partial charge is 0.493 e. The number of hydrogen-bond acceptors (Lipinski definition) is 7. The summed E-state index contributed by atoms with van der Waals surface area (Å²) in [6.45, 7) is 4.07. The summed E-state index contributed by atoms with van der Waals surface area (Å²) in [7, 11) is 0. The number of aromatic hydroxyl groups is 1. The van der Waals surface area contributed by atoms with Crippen molar-refractivity contribution in [1.82, 2.24) is 9.72 Å². The standard InChI is InChI=1S/C15H17N5O3/c1-3-5-10-11(9-16)14(21)20(7-4-2)15(22)13(10)18-17-12-6-8-23-19-12/h6,8,22H,3-5,7H2,1-2H3. The van der Waals surface area contributed by atoms with Crippen molar-refractivity contribution in [1.29, 1.82) is 5.26 Å². The molecule has 0 amide bonds. The van der Waals surface area contributed by atoms with Gasteiger partial charge in [0.1, 0.15) is 17.9 Å². The topological polar surface area (TPSA) is 117 Å². The molecule has 2 heterocycles. The van der Waals surface area contributed by atoms with Gasteiger partial charge >= 0.3 is 0 Å². The molecule has 0 saturated carbocycles. The highest BCUT2D eigenvalue weighted by Crippen LogP contribution is 2.33. The number of aromatic nitrogens is 2. The van der Waals surface area contributed by atoms with E-state index in [1.807, 2.05) is 19.9 Å². The first kappa shape index (κ1) is 16.4. The van der Waals surface area contributed by atoms with Gasteiger partial charge in [-0.1, -0.05) is 25.4 Å². The SMILES string of the molecule is CCCc1c(N=Nc2ccon2)c(O)n(CCC)c(=O)c1C#N. The van der Waals surface area contributed by atoms with Gasteiger partial charge in [-0.25, -0.2) is 0 Å². The molecule has 0 unspecified atom stereocenters. The van der Waals surface area contributed by atoms with Gasteiger partial charge in [0.2, 0.25) is 11.7 Å². The molecule has 8 nitrogen and oxygen atoms in total. The molecule has 0 aromatic carbocycles. The van der Waals surface area contributed by atoms with Crippen molar-refractivity contribution >= 4 is 11.5 Å². The first-order valence-corrected chi connectivity index (χ1v) is 7.34. The highest BCUT2D eigenvalue weighted by atomic mass is 16.5. The number of hydrogen-bond donors (Lipinski definition) is 1. The van der Waals surface area contributed by atoms with E-state index >= 15 is 0 Å². The second-order valence-electron chi connectivity index (χ2n) is 4.90. The van der Waals surface area contributed by atoms with Gasteiger partial charge in [0, 0.05) is 18.2 Å². The van der Waals surface area contributed by atoms with Crippen molar-refractivity contribution in [2.24, 2.45) is 10.2 Å². The summed E-state index contributed by atoms with van der Waals surface area (Å²) in [6.07, 6.45) is 3.11. The molecule has 0 spiro atoms. The molecule has 1 N–H and O–H groups in total. The molecule has 2 aromatic rings. The number of nitrogens with zero attached hydrogens (tertiary/aromatic N) is 5. The fourth-order valence-electron chi connectivity index (χ4n) is 2.25. The first-order chi connectivity index (χ1) is 11.1. The van der Waals surface area contributed by atoms with E-state index in [-0.39, 0.29) is 29.5 Å². The van der Waals surface area contributed by atoms with Crippen LogP contribution in [0, 0.1) is 11.3 Å². The summed E-state index contributed by atoms with van der Waals surface area (Å²) in [5, 5.41) is 31.2. The van der Waals surface area contributed by atoms with Crippen molar-refractivity contribution in [3.05, 3.63) is 33.8 Å². The molecule has 0 aliphatic rings. The second-order valence-corrected chi connectivity index (χ2v) is 4.90. The van der Waals surface area contributed by atoms with E-state index < -0.39 is 5.56 Å². The Labute approximate surface area is 132 Å². The fraction of sp³-hybridized carbons (Fsp3) is 0.400. The van der Waals surface area contributed by atoms with Gasteiger partial charge in [0.05, 0.1) is 0 Å². The molecule has 0 aliphatic carbocycles. The van der Waals surface area contributed by atoms with Gasteiger partial charge in [-0.15, -0.1) is 10.2 Å². The Hall–Kier alpha value is -2.95. The van der Waals surface area contributed by atoms with E-state index in [1.165, 1.54) is 12.3 Å². The molecule has 0 atom stereocenters. The van der Waals surface area contributed by atoms with Crippen molar-refractivity contribution in [3.8, 4) is 11.9 Å². The first-order valence-electron chi connectivity index (χ1n) is 7.34. The Morgan fingerprint density at radius 3 is 2.74 bits per heavy atom. The van der Waals surface area contributed by atoms with Crippen molar-refractivity contribution in [2.75, 3.05) is 0 Å². The van der Waals surface area contributed by atoms with Crippen LogP contribution in [0.2, 0.25) is 0 Å². The van der Waals surface area contributed by atoms with Crippen LogP contribution in [-0.2, 0) is 13.0 Å². The number of azo groups is 1. The zero-order valence-corrected chi connectivity index (χ0v) is 13.0. The van der Waals surface area contributed by atoms with Crippen molar-refractivity contribution < 1.29 is 9.63 Å².